The van der Waals surface area contributed by atoms with Gasteiger partial charge in [0.25, 0.3) is 0 Å². The number of rotatable bonds is 5. The lowest BCUT2D eigenvalue weighted by atomic mass is 10.0. The molecule has 0 amide bonds. The van der Waals surface area contributed by atoms with Crippen molar-refractivity contribution in [2.75, 3.05) is 30.5 Å². The minimum absolute atomic E-state index is 0.393. The molecule has 6 nitrogen and oxygen atoms in total. The Morgan fingerprint density at radius 2 is 1.93 bits per heavy atom. The molecule has 2 heterocycles. The normalized spacial score (nSPS) is 13.6. The topological polar surface area (TPSA) is 78.9 Å². The summed E-state index contributed by atoms with van der Waals surface area (Å²) in [6.45, 7) is 5.38. The van der Waals surface area contributed by atoms with Gasteiger partial charge in [0.15, 0.2) is 5.82 Å². The lowest BCUT2D eigenvalue weighted by molar-refractivity contribution is 0.588. The predicted octanol–water partition coefficient (Wildman–Crippen LogP) is 4.51. The second kappa shape index (κ2) is 8.15. The van der Waals surface area contributed by atoms with Crippen LogP contribution in [0.5, 0.6) is 0 Å². The molecule has 0 radical (unpaired) electrons. The van der Waals surface area contributed by atoms with Gasteiger partial charge in [-0.3, -0.25) is 0 Å². The molecule has 1 aromatic heterocycles. The van der Waals surface area contributed by atoms with Gasteiger partial charge in [0.05, 0.1) is 11.9 Å². The Morgan fingerprint density at radius 1 is 1.10 bits per heavy atom. The van der Waals surface area contributed by atoms with E-state index < -0.39 is 7.14 Å². The molecule has 0 saturated heterocycles. The molecule has 8 heteroatoms. The van der Waals surface area contributed by atoms with Crippen molar-refractivity contribution in [1.29, 1.82) is 0 Å². The first-order chi connectivity index (χ1) is 13.9. The molecule has 1 aliphatic rings. The van der Waals surface area contributed by atoms with Crippen molar-refractivity contribution < 1.29 is 4.57 Å². The molecule has 0 spiro atoms. The van der Waals surface area contributed by atoms with Crippen LogP contribution < -0.4 is 21.3 Å². The Bertz CT molecular complexity index is 1100. The van der Waals surface area contributed by atoms with Crippen LogP contribution in [0.3, 0.4) is 0 Å². The highest BCUT2D eigenvalue weighted by molar-refractivity contribution is 7.70. The van der Waals surface area contributed by atoms with Crippen LogP contribution in [-0.2, 0) is 17.5 Å². The highest BCUT2D eigenvalue weighted by atomic mass is 35.5. The Kier molecular flexibility index (Phi) is 5.59. The van der Waals surface area contributed by atoms with Crippen LogP contribution in [-0.4, -0.2) is 29.8 Å². The van der Waals surface area contributed by atoms with Gasteiger partial charge in [0.1, 0.15) is 12.2 Å². The van der Waals surface area contributed by atoms with Crippen molar-refractivity contribution >= 4 is 47.2 Å². The molecule has 0 bridgehead atoms. The molecule has 4 rings (SSSR count). The number of anilines is 4. The SMILES string of the molecule is CP(C)(=O)c1ccccc1Nc1nc(Nc2ccc3c(c2)CCNC3)ncc1Cl. The van der Waals surface area contributed by atoms with Crippen LogP contribution in [0.15, 0.2) is 48.7 Å². The Labute approximate surface area is 175 Å². The molecular formula is C21H23ClN5OP. The maximum atomic E-state index is 12.6. The van der Waals surface area contributed by atoms with E-state index in [9.17, 15) is 4.57 Å². The van der Waals surface area contributed by atoms with E-state index in [1.165, 1.54) is 11.1 Å². The second-order valence-corrected chi connectivity index (χ2v) is 11.0. The summed E-state index contributed by atoms with van der Waals surface area (Å²) in [5.41, 5.74) is 4.32. The number of hydrogen-bond acceptors (Lipinski definition) is 6. The Hall–Kier alpha value is -2.40. The highest BCUT2D eigenvalue weighted by Gasteiger charge is 2.17. The van der Waals surface area contributed by atoms with E-state index in [1.807, 2.05) is 30.3 Å². The zero-order valence-electron chi connectivity index (χ0n) is 16.4. The van der Waals surface area contributed by atoms with E-state index in [0.717, 1.165) is 36.2 Å². The molecule has 0 atom stereocenters. The van der Waals surface area contributed by atoms with Crippen LogP contribution in [0.4, 0.5) is 23.1 Å². The first-order valence-corrected chi connectivity index (χ1v) is 12.4. The largest absolute Gasteiger partial charge is 0.338 e. The highest BCUT2D eigenvalue weighted by Crippen LogP contribution is 2.38. The predicted molar refractivity (Wildman–Crippen MR) is 121 cm³/mol. The van der Waals surface area contributed by atoms with Crippen molar-refractivity contribution in [3.05, 3.63) is 64.8 Å². The molecule has 29 heavy (non-hydrogen) atoms. The van der Waals surface area contributed by atoms with E-state index in [0.29, 0.717) is 16.8 Å². The third-order valence-corrected chi connectivity index (χ3v) is 6.66. The fraction of sp³-hybridized carbons (Fsp3) is 0.238. The van der Waals surface area contributed by atoms with Crippen LogP contribution in [0.2, 0.25) is 5.02 Å². The van der Waals surface area contributed by atoms with E-state index in [2.05, 4.69) is 38.1 Å². The summed E-state index contributed by atoms with van der Waals surface area (Å²) in [5.74, 6) is 0.909. The summed E-state index contributed by atoms with van der Waals surface area (Å²) in [4.78, 5) is 8.83. The maximum Gasteiger partial charge on any atom is 0.229 e. The third kappa shape index (κ3) is 4.61. The van der Waals surface area contributed by atoms with Crippen molar-refractivity contribution in [1.82, 2.24) is 15.3 Å². The summed E-state index contributed by atoms with van der Waals surface area (Å²) in [6.07, 6.45) is 2.56. The molecule has 150 valence electrons. The molecule has 3 aromatic rings. The lowest BCUT2D eigenvalue weighted by Crippen LogP contribution is -2.23. The van der Waals surface area contributed by atoms with Crippen molar-refractivity contribution in [3.8, 4) is 0 Å². The standard InChI is InChI=1S/C21H23ClN5OP/c1-29(2,28)19-6-4-3-5-18(19)26-20-17(22)13-24-21(27-20)25-16-8-7-15-12-23-10-9-14(15)11-16/h3-8,11,13,23H,9-10,12H2,1-2H3,(H2,24,25,26,27). The number of benzene rings is 2. The Balaban J connectivity index is 1.60. The summed E-state index contributed by atoms with van der Waals surface area (Å²) in [6, 6.07) is 13.8. The number of aromatic nitrogens is 2. The molecule has 0 unspecified atom stereocenters. The van der Waals surface area contributed by atoms with Gasteiger partial charge in [0.2, 0.25) is 5.95 Å². The van der Waals surface area contributed by atoms with Crippen molar-refractivity contribution in [2.24, 2.45) is 0 Å². The van der Waals surface area contributed by atoms with Gasteiger partial charge in [-0.15, -0.1) is 0 Å². The van der Waals surface area contributed by atoms with E-state index in [-0.39, 0.29) is 0 Å². The van der Waals surface area contributed by atoms with Crippen LogP contribution in [0.1, 0.15) is 11.1 Å². The van der Waals surface area contributed by atoms with Gasteiger partial charge in [-0.2, -0.15) is 4.98 Å². The zero-order valence-corrected chi connectivity index (χ0v) is 18.0. The molecular weight excluding hydrogens is 405 g/mol. The second-order valence-electron chi connectivity index (χ2n) is 7.42. The lowest BCUT2D eigenvalue weighted by Gasteiger charge is -2.18. The quantitative estimate of drug-likeness (QED) is 0.520. The number of nitrogens with one attached hydrogen (secondary N) is 3. The van der Waals surface area contributed by atoms with E-state index >= 15 is 0 Å². The number of para-hydroxylation sites is 1. The zero-order chi connectivity index (χ0) is 20.4. The minimum atomic E-state index is -2.46. The number of fused-ring (bicyclic) bond motifs is 1. The smallest absolute Gasteiger partial charge is 0.229 e. The van der Waals surface area contributed by atoms with Crippen LogP contribution in [0, 0.1) is 0 Å². The average Bonchev–Trinajstić information content (AvgIpc) is 2.70. The fourth-order valence-electron chi connectivity index (χ4n) is 3.38. The van der Waals surface area contributed by atoms with Gasteiger partial charge in [-0.1, -0.05) is 29.8 Å². The van der Waals surface area contributed by atoms with Gasteiger partial charge in [0, 0.05) is 17.5 Å². The summed E-state index contributed by atoms with van der Waals surface area (Å²) >= 11 is 6.32. The van der Waals surface area contributed by atoms with Gasteiger partial charge >= 0.3 is 0 Å². The van der Waals surface area contributed by atoms with E-state index in [4.69, 9.17) is 11.6 Å². The number of halogens is 1. The molecule has 0 fully saturated rings. The monoisotopic (exact) mass is 427 g/mol. The summed E-state index contributed by atoms with van der Waals surface area (Å²) in [5, 5.41) is 11.0. The first kappa shape index (κ1) is 19.9. The Morgan fingerprint density at radius 3 is 2.76 bits per heavy atom. The van der Waals surface area contributed by atoms with E-state index in [1.54, 1.807) is 19.5 Å². The third-order valence-electron chi connectivity index (χ3n) is 4.83. The van der Waals surface area contributed by atoms with Crippen LogP contribution in [0.25, 0.3) is 0 Å². The van der Waals surface area contributed by atoms with Gasteiger partial charge in [-0.05, 0) is 61.7 Å². The fourth-order valence-corrected chi connectivity index (χ4v) is 4.67. The average molecular weight is 428 g/mol. The molecule has 0 aliphatic carbocycles. The van der Waals surface area contributed by atoms with Gasteiger partial charge < -0.3 is 20.5 Å². The molecule has 3 N–H and O–H groups in total. The minimum Gasteiger partial charge on any atom is -0.338 e. The molecule has 2 aromatic carbocycles. The van der Waals surface area contributed by atoms with Crippen molar-refractivity contribution in [2.45, 2.75) is 13.0 Å². The molecule has 1 aliphatic heterocycles. The maximum absolute atomic E-state index is 12.6. The molecule has 0 saturated carbocycles. The number of nitrogens with zero attached hydrogens (tertiary/aromatic N) is 2. The van der Waals surface area contributed by atoms with Crippen molar-refractivity contribution in [3.63, 3.8) is 0 Å². The van der Waals surface area contributed by atoms with Gasteiger partial charge in [-0.25, -0.2) is 4.98 Å². The van der Waals surface area contributed by atoms with Crippen LogP contribution >= 0.6 is 18.7 Å². The summed E-state index contributed by atoms with van der Waals surface area (Å²) < 4.78 is 12.6. The summed E-state index contributed by atoms with van der Waals surface area (Å²) in [7, 11) is -2.46. The first-order valence-electron chi connectivity index (χ1n) is 9.44. The number of hydrogen-bond donors (Lipinski definition) is 3.